The van der Waals surface area contributed by atoms with Crippen LogP contribution in [0.5, 0.6) is 5.75 Å². The Labute approximate surface area is 197 Å². The summed E-state index contributed by atoms with van der Waals surface area (Å²) in [7, 11) is 0. The van der Waals surface area contributed by atoms with Crippen molar-refractivity contribution in [2.75, 3.05) is 5.32 Å². The van der Waals surface area contributed by atoms with Crippen molar-refractivity contribution >= 4 is 28.4 Å². The molecule has 0 unspecified atom stereocenters. The van der Waals surface area contributed by atoms with Gasteiger partial charge in [0.05, 0.1) is 11.1 Å². The molecule has 0 bridgehead atoms. The number of nitrogens with one attached hydrogen (secondary N) is 2. The van der Waals surface area contributed by atoms with Crippen molar-refractivity contribution in [1.29, 1.82) is 0 Å². The molecule has 1 amide bonds. The highest BCUT2D eigenvalue weighted by Crippen LogP contribution is 2.26. The van der Waals surface area contributed by atoms with Crippen molar-refractivity contribution in [3.8, 4) is 5.75 Å². The van der Waals surface area contributed by atoms with Gasteiger partial charge in [0.15, 0.2) is 5.84 Å². The van der Waals surface area contributed by atoms with Crippen LogP contribution in [0.3, 0.4) is 0 Å². The Kier molecular flexibility index (Phi) is 6.60. The monoisotopic (exact) mass is 483 g/mol. The SMILES string of the molecule is Cc1c(F)cc(COc2ccc(NC(=O)c3coc4cc(/C(=N/N)NN)c(F)cc34)cc2)cc1F. The number of carbonyl (C=O) groups is 1. The number of nitrogens with two attached hydrogens (primary N) is 2. The number of halogens is 3. The Hall–Kier alpha value is -4.51. The molecule has 0 atom stereocenters. The molecule has 4 rings (SSSR count). The molecule has 4 aromatic rings. The van der Waals surface area contributed by atoms with E-state index in [9.17, 15) is 18.0 Å². The summed E-state index contributed by atoms with van der Waals surface area (Å²) in [5.74, 6) is 8.29. The molecule has 0 saturated heterocycles. The minimum atomic E-state index is -0.704. The fourth-order valence-corrected chi connectivity index (χ4v) is 3.37. The lowest BCUT2D eigenvalue weighted by atomic mass is 10.1. The smallest absolute Gasteiger partial charge is 0.259 e. The lowest BCUT2D eigenvalue weighted by molar-refractivity contribution is 0.102. The summed E-state index contributed by atoms with van der Waals surface area (Å²) in [4.78, 5) is 12.7. The van der Waals surface area contributed by atoms with Gasteiger partial charge in [-0.2, -0.15) is 5.10 Å². The summed E-state index contributed by atoms with van der Waals surface area (Å²) >= 11 is 0. The Bertz CT molecular complexity index is 1410. The fourth-order valence-electron chi connectivity index (χ4n) is 3.37. The number of benzene rings is 3. The van der Waals surface area contributed by atoms with Gasteiger partial charge in [-0.15, -0.1) is 0 Å². The van der Waals surface area contributed by atoms with Gasteiger partial charge in [-0.3, -0.25) is 4.79 Å². The highest BCUT2D eigenvalue weighted by Gasteiger charge is 2.19. The zero-order chi connectivity index (χ0) is 25.1. The molecule has 0 saturated carbocycles. The van der Waals surface area contributed by atoms with Crippen molar-refractivity contribution in [2.45, 2.75) is 13.5 Å². The Morgan fingerprint density at radius 1 is 1.03 bits per heavy atom. The van der Waals surface area contributed by atoms with Crippen molar-refractivity contribution in [2.24, 2.45) is 16.8 Å². The average molecular weight is 483 g/mol. The Morgan fingerprint density at radius 2 is 1.71 bits per heavy atom. The molecule has 0 aliphatic heterocycles. The third-order valence-corrected chi connectivity index (χ3v) is 5.29. The minimum Gasteiger partial charge on any atom is -0.489 e. The zero-order valence-corrected chi connectivity index (χ0v) is 18.4. The maximum atomic E-state index is 14.5. The van der Waals surface area contributed by atoms with E-state index in [-0.39, 0.29) is 40.1 Å². The summed E-state index contributed by atoms with van der Waals surface area (Å²) in [6.07, 6.45) is 1.20. The number of nitrogens with zero attached hydrogens (tertiary/aromatic N) is 1. The van der Waals surface area contributed by atoms with Crippen molar-refractivity contribution in [3.63, 3.8) is 0 Å². The number of hydrogen-bond acceptors (Lipinski definition) is 6. The van der Waals surface area contributed by atoms with E-state index in [1.165, 1.54) is 31.4 Å². The number of hydrazine groups is 1. The summed E-state index contributed by atoms with van der Waals surface area (Å²) in [6, 6.07) is 11.2. The predicted octanol–water partition coefficient (Wildman–Crippen LogP) is 4.07. The Morgan fingerprint density at radius 3 is 2.34 bits per heavy atom. The number of furan rings is 1. The van der Waals surface area contributed by atoms with Crippen LogP contribution in [0, 0.1) is 24.4 Å². The predicted molar refractivity (Wildman–Crippen MR) is 124 cm³/mol. The first kappa shape index (κ1) is 23.6. The van der Waals surface area contributed by atoms with Gasteiger partial charge in [0.2, 0.25) is 0 Å². The molecule has 1 heterocycles. The van der Waals surface area contributed by atoms with E-state index in [1.54, 1.807) is 24.3 Å². The zero-order valence-electron chi connectivity index (χ0n) is 18.4. The quantitative estimate of drug-likeness (QED) is 0.142. The first-order valence-corrected chi connectivity index (χ1v) is 10.2. The molecule has 0 spiro atoms. The molecule has 0 fully saturated rings. The largest absolute Gasteiger partial charge is 0.489 e. The van der Waals surface area contributed by atoms with E-state index >= 15 is 0 Å². The lowest BCUT2D eigenvalue weighted by Gasteiger charge is -2.09. The normalized spacial score (nSPS) is 11.5. The lowest BCUT2D eigenvalue weighted by Crippen LogP contribution is -2.32. The number of hydrazone groups is 1. The van der Waals surface area contributed by atoms with Crippen molar-refractivity contribution in [1.82, 2.24) is 5.43 Å². The van der Waals surface area contributed by atoms with Gasteiger partial charge < -0.3 is 25.7 Å². The standard InChI is InChI=1S/C24H20F3N5O3/c1-12-19(25)6-13(7-20(12)26)10-34-15-4-2-14(3-5-15)30-24(33)18-11-35-22-9-17(23(31-28)32-29)21(27)8-16(18)22/h2-9,11H,10,28-29H2,1H3,(H,30,33)(H,31,32). The number of fused-ring (bicyclic) bond motifs is 1. The molecule has 8 nitrogen and oxygen atoms in total. The van der Waals surface area contributed by atoms with E-state index in [0.717, 1.165) is 6.07 Å². The van der Waals surface area contributed by atoms with Crippen LogP contribution >= 0.6 is 0 Å². The number of rotatable bonds is 6. The fraction of sp³-hybridized carbons (Fsp3) is 0.0833. The van der Waals surface area contributed by atoms with Gasteiger partial charge in [0, 0.05) is 16.6 Å². The number of amidine groups is 1. The summed E-state index contributed by atoms with van der Waals surface area (Å²) < 4.78 is 52.9. The highest BCUT2D eigenvalue weighted by atomic mass is 19.1. The molecular formula is C24H20F3N5O3. The summed E-state index contributed by atoms with van der Waals surface area (Å²) in [5.41, 5.74) is 3.24. The van der Waals surface area contributed by atoms with Crippen LogP contribution < -0.4 is 27.2 Å². The Balaban J connectivity index is 1.45. The van der Waals surface area contributed by atoms with Crippen LogP contribution in [0.25, 0.3) is 11.0 Å². The van der Waals surface area contributed by atoms with Crippen LogP contribution in [0.4, 0.5) is 18.9 Å². The van der Waals surface area contributed by atoms with Gasteiger partial charge in [-0.05, 0) is 61.0 Å². The summed E-state index contributed by atoms with van der Waals surface area (Å²) in [5, 5.41) is 6.30. The van der Waals surface area contributed by atoms with Crippen molar-refractivity contribution < 1.29 is 27.1 Å². The second kappa shape index (κ2) is 9.77. The van der Waals surface area contributed by atoms with Crippen LogP contribution in [-0.2, 0) is 6.61 Å². The number of anilines is 1. The maximum absolute atomic E-state index is 14.5. The molecule has 0 radical (unpaired) electrons. The van der Waals surface area contributed by atoms with Gasteiger partial charge in [-0.25, -0.2) is 19.0 Å². The van der Waals surface area contributed by atoms with Gasteiger partial charge in [-0.1, -0.05) is 0 Å². The number of amides is 1. The van der Waals surface area contributed by atoms with Gasteiger partial charge in [0.25, 0.3) is 5.91 Å². The second-order valence-corrected chi connectivity index (χ2v) is 7.55. The third kappa shape index (κ3) is 4.89. The highest BCUT2D eigenvalue weighted by molar-refractivity contribution is 6.13. The third-order valence-electron chi connectivity index (χ3n) is 5.29. The molecule has 180 valence electrons. The molecule has 1 aromatic heterocycles. The average Bonchev–Trinajstić information content (AvgIpc) is 3.25. The van der Waals surface area contributed by atoms with Crippen LogP contribution in [0.15, 0.2) is 64.3 Å². The summed E-state index contributed by atoms with van der Waals surface area (Å²) in [6.45, 7) is 1.32. The molecule has 0 aliphatic rings. The molecule has 11 heteroatoms. The van der Waals surface area contributed by atoms with E-state index in [4.69, 9.17) is 20.8 Å². The molecule has 35 heavy (non-hydrogen) atoms. The van der Waals surface area contributed by atoms with E-state index in [0.29, 0.717) is 17.0 Å². The topological polar surface area (TPSA) is 128 Å². The molecule has 3 aromatic carbocycles. The van der Waals surface area contributed by atoms with Gasteiger partial charge >= 0.3 is 0 Å². The molecule has 6 N–H and O–H groups in total. The van der Waals surface area contributed by atoms with E-state index < -0.39 is 23.4 Å². The molecule has 0 aliphatic carbocycles. The first-order valence-electron chi connectivity index (χ1n) is 10.2. The van der Waals surface area contributed by atoms with Crippen molar-refractivity contribution in [3.05, 3.63) is 94.5 Å². The second-order valence-electron chi connectivity index (χ2n) is 7.55. The van der Waals surface area contributed by atoms with Crippen LogP contribution in [-0.4, -0.2) is 11.7 Å². The number of hydrogen-bond donors (Lipinski definition) is 4. The van der Waals surface area contributed by atoms with Crippen LogP contribution in [0.1, 0.15) is 27.0 Å². The first-order chi connectivity index (χ1) is 16.8. The van der Waals surface area contributed by atoms with E-state index in [1.807, 2.05) is 0 Å². The van der Waals surface area contributed by atoms with Crippen LogP contribution in [0.2, 0.25) is 0 Å². The molecular weight excluding hydrogens is 463 g/mol. The van der Waals surface area contributed by atoms with Gasteiger partial charge in [0.1, 0.15) is 41.7 Å². The maximum Gasteiger partial charge on any atom is 0.259 e. The number of carbonyl (C=O) groups excluding carboxylic acids is 1. The number of ether oxygens (including phenoxy) is 1. The minimum absolute atomic E-state index is 0.0180. The van der Waals surface area contributed by atoms with E-state index in [2.05, 4.69) is 15.8 Å².